The number of hydrogen-bond donors (Lipinski definition) is 6. The number of amides is 2. The van der Waals surface area contributed by atoms with Gasteiger partial charge in [0.05, 0.1) is 26.4 Å². The summed E-state index contributed by atoms with van der Waals surface area (Å²) in [5, 5.41) is 53.9. The van der Waals surface area contributed by atoms with Gasteiger partial charge in [0.1, 0.15) is 60.3 Å². The monoisotopic (exact) mass is 845 g/mol. The summed E-state index contributed by atoms with van der Waals surface area (Å²) < 4.78 is 31.3. The van der Waals surface area contributed by atoms with Crippen LogP contribution in [0.5, 0.6) is 0 Å². The van der Waals surface area contributed by atoms with E-state index in [2.05, 4.69) is 19.2 Å². The summed E-state index contributed by atoms with van der Waals surface area (Å²) in [7, 11) is 0. The lowest BCUT2D eigenvalue weighted by molar-refractivity contribution is -0.298. The minimum absolute atomic E-state index is 0.0554. The molecule has 1 aliphatic carbocycles. The number of hydrogen-bond acceptors (Lipinski definition) is 15. The first kappa shape index (κ1) is 45.0. The van der Waals surface area contributed by atoms with Crippen molar-refractivity contribution < 1.29 is 68.4 Å². The van der Waals surface area contributed by atoms with Gasteiger partial charge in [0, 0.05) is 32.4 Å². The van der Waals surface area contributed by atoms with Gasteiger partial charge in [0.2, 0.25) is 11.8 Å². The molecule has 334 valence electrons. The van der Waals surface area contributed by atoms with Crippen LogP contribution in [0.3, 0.4) is 0 Å². The molecule has 0 radical (unpaired) electrons. The Morgan fingerprint density at radius 2 is 1.72 bits per heavy atom. The highest BCUT2D eigenvalue weighted by Crippen LogP contribution is 2.59. The largest absolute Gasteiger partial charge is 0.458 e. The number of unbranched alkanes of at least 4 members (excludes halogenated alkanes) is 4. The van der Waals surface area contributed by atoms with Crippen LogP contribution >= 0.6 is 0 Å². The average molecular weight is 846 g/mol. The number of fused-ring (bicyclic) bond motifs is 4. The summed E-state index contributed by atoms with van der Waals surface area (Å²) in [5.41, 5.74) is 0.0195. The second-order valence-electron chi connectivity index (χ2n) is 17.0. The molecule has 1 saturated carbocycles. The average Bonchev–Trinajstić information content (AvgIpc) is 3.98. The van der Waals surface area contributed by atoms with Crippen molar-refractivity contribution >= 4 is 23.9 Å². The molecule has 5 saturated heterocycles. The predicted octanol–water partition coefficient (Wildman–Crippen LogP) is 1.06. The van der Waals surface area contributed by atoms with Crippen LogP contribution in [-0.4, -0.2) is 159 Å². The summed E-state index contributed by atoms with van der Waals surface area (Å²) in [4.78, 5) is 51.6. The number of ether oxygens (including phenoxy) is 5. The van der Waals surface area contributed by atoms with Gasteiger partial charge in [-0.25, -0.2) is 0 Å². The second kappa shape index (κ2) is 19.5. The summed E-state index contributed by atoms with van der Waals surface area (Å²) in [5.74, 6) is -2.27. The Labute approximate surface area is 350 Å². The standard InChI is InChI=1S/C43H63N3O14/c1-3-5-9-17-42(18-10-6-4-2)58-34-29-23-43(41(54)45-20-11-16-28(45)38(52)44-19-21-47)36(39(53)56-29)46(60-37(43)35(34)59-42)24-27-14-8-7-13-26(27)15-12-22-55-40-33(51)32(50)31(49)30(25-48)57-40/h7-8,12-15,28-37,40,47-51H,3-6,9-11,16-25H2,1-2H3,(H,44,52)/t28-,29-,30-,31+,32+,33-,34+,35+,36-,37-,40+,43-/m1/s1. The SMILES string of the molecule is CCCCCC1(CCCCC)O[C@@H]2[C@H](O1)[C@H]1ON(Cc3ccccc3C=CCO[C@H]3O[C@H](CO)[C@H](O)[C@H](O)[C@H]3O)[C@@H]3C(=O)O[C@@H]2C[C@]13C(=O)N1CCC[C@@H]1C(=O)NCCO. The molecule has 12 atom stereocenters. The fourth-order valence-corrected chi connectivity index (χ4v) is 10.1. The van der Waals surface area contributed by atoms with Gasteiger partial charge in [0.25, 0.3) is 0 Å². The van der Waals surface area contributed by atoms with Gasteiger partial charge >= 0.3 is 5.97 Å². The summed E-state index contributed by atoms with van der Waals surface area (Å²) in [6.45, 7) is 3.85. The Bertz CT molecular complexity index is 1670. The molecule has 6 fully saturated rings. The van der Waals surface area contributed by atoms with E-state index in [0.29, 0.717) is 32.2 Å². The fourth-order valence-electron chi connectivity index (χ4n) is 10.1. The van der Waals surface area contributed by atoms with Crippen molar-refractivity contribution in [2.24, 2.45) is 5.41 Å². The number of likely N-dealkylation sites (tertiary alicyclic amines) is 1. The van der Waals surface area contributed by atoms with Gasteiger partial charge in [-0.15, -0.1) is 0 Å². The van der Waals surface area contributed by atoms with Crippen LogP contribution in [0.25, 0.3) is 6.08 Å². The Balaban J connectivity index is 1.18. The third kappa shape index (κ3) is 8.65. The number of carbonyl (C=O) groups is 3. The molecule has 6 N–H and O–H groups in total. The maximum Gasteiger partial charge on any atom is 0.327 e. The summed E-state index contributed by atoms with van der Waals surface area (Å²) in [6.07, 6.45) is 1.60. The molecule has 60 heavy (non-hydrogen) atoms. The molecule has 1 aromatic carbocycles. The summed E-state index contributed by atoms with van der Waals surface area (Å²) in [6, 6.07) is 5.49. The van der Waals surface area contributed by atoms with Crippen LogP contribution in [0.4, 0.5) is 0 Å². The van der Waals surface area contributed by atoms with Crippen molar-refractivity contribution in [3.05, 3.63) is 41.5 Å². The van der Waals surface area contributed by atoms with Gasteiger partial charge in [-0.1, -0.05) is 75.9 Å². The Kier molecular flexibility index (Phi) is 14.6. The highest BCUT2D eigenvalue weighted by Gasteiger charge is 2.77. The molecule has 17 nitrogen and oxygen atoms in total. The molecule has 0 spiro atoms. The number of hydroxylamine groups is 2. The van der Waals surface area contributed by atoms with E-state index in [-0.39, 0.29) is 44.5 Å². The first-order valence-corrected chi connectivity index (χ1v) is 21.9. The lowest BCUT2D eigenvalue weighted by atomic mass is 9.62. The third-order valence-electron chi connectivity index (χ3n) is 13.1. The smallest absolute Gasteiger partial charge is 0.327 e. The van der Waals surface area contributed by atoms with E-state index in [1.165, 1.54) is 5.06 Å². The number of benzene rings is 1. The van der Waals surface area contributed by atoms with Gasteiger partial charge in [-0.05, 0) is 36.8 Å². The number of nitrogens with zero attached hydrogens (tertiary/aromatic N) is 2. The van der Waals surface area contributed by atoms with E-state index in [0.717, 1.165) is 49.7 Å². The normalized spacial score (nSPS) is 35.8. The van der Waals surface area contributed by atoms with Crippen molar-refractivity contribution in [1.29, 1.82) is 0 Å². The molecule has 2 amide bonds. The number of aliphatic hydroxyl groups excluding tert-OH is 5. The predicted molar refractivity (Wildman–Crippen MR) is 212 cm³/mol. The van der Waals surface area contributed by atoms with Crippen molar-refractivity contribution in [3.63, 3.8) is 0 Å². The Morgan fingerprint density at radius 1 is 0.983 bits per heavy atom. The highest BCUT2D eigenvalue weighted by molar-refractivity contribution is 5.96. The Hall–Kier alpha value is -3.07. The van der Waals surface area contributed by atoms with E-state index in [4.69, 9.17) is 28.5 Å². The van der Waals surface area contributed by atoms with E-state index >= 15 is 4.79 Å². The second-order valence-corrected chi connectivity index (χ2v) is 17.0. The van der Waals surface area contributed by atoms with Crippen molar-refractivity contribution in [2.75, 3.05) is 32.9 Å². The summed E-state index contributed by atoms with van der Waals surface area (Å²) >= 11 is 0. The highest BCUT2D eigenvalue weighted by atomic mass is 16.8. The Morgan fingerprint density at radius 3 is 2.43 bits per heavy atom. The topological polar surface area (TPSA) is 226 Å². The van der Waals surface area contributed by atoms with Crippen molar-refractivity contribution in [3.8, 4) is 0 Å². The van der Waals surface area contributed by atoms with Crippen molar-refractivity contribution in [1.82, 2.24) is 15.3 Å². The first-order valence-electron chi connectivity index (χ1n) is 21.9. The van der Waals surface area contributed by atoms with Crippen LogP contribution in [-0.2, 0) is 49.5 Å². The zero-order valence-electron chi connectivity index (χ0n) is 34.6. The quantitative estimate of drug-likeness (QED) is 0.0846. The van der Waals surface area contributed by atoms with Crippen LogP contribution in [0, 0.1) is 5.41 Å². The van der Waals surface area contributed by atoms with Crippen LogP contribution in [0.1, 0.15) is 95.6 Å². The lowest BCUT2D eigenvalue weighted by Gasteiger charge is -2.50. The molecule has 17 heteroatoms. The molecular formula is C43H63N3O14. The molecule has 5 aliphatic heterocycles. The maximum absolute atomic E-state index is 15.4. The lowest BCUT2D eigenvalue weighted by Crippen LogP contribution is -2.70. The minimum Gasteiger partial charge on any atom is -0.458 e. The number of carbonyl (C=O) groups excluding carboxylic acids is 3. The minimum atomic E-state index is -1.57. The maximum atomic E-state index is 15.4. The zero-order valence-corrected chi connectivity index (χ0v) is 34.6. The fraction of sp³-hybridized carbons (Fsp3) is 0.744. The van der Waals surface area contributed by atoms with Crippen LogP contribution in [0.15, 0.2) is 30.3 Å². The molecular weight excluding hydrogens is 782 g/mol. The molecule has 6 aliphatic rings. The van der Waals surface area contributed by atoms with Crippen LogP contribution in [0.2, 0.25) is 0 Å². The molecule has 1 aromatic rings. The molecule has 2 bridgehead atoms. The number of aliphatic hydroxyl groups is 5. The molecule has 5 heterocycles. The van der Waals surface area contributed by atoms with Gasteiger partial charge < -0.3 is 59.4 Å². The molecule has 0 unspecified atom stereocenters. The van der Waals surface area contributed by atoms with E-state index in [1.807, 2.05) is 24.3 Å². The van der Waals surface area contributed by atoms with Gasteiger partial charge in [-0.2, -0.15) is 5.06 Å². The van der Waals surface area contributed by atoms with E-state index < -0.39 is 91.0 Å². The molecule has 7 rings (SSSR count). The van der Waals surface area contributed by atoms with E-state index in [1.54, 1.807) is 17.1 Å². The van der Waals surface area contributed by atoms with Crippen molar-refractivity contribution in [2.45, 2.75) is 164 Å². The molecule has 0 aromatic heterocycles. The first-order chi connectivity index (χ1) is 29.0. The number of esters is 1. The number of rotatable bonds is 19. The van der Waals surface area contributed by atoms with E-state index in [9.17, 15) is 35.1 Å². The van der Waals surface area contributed by atoms with Gasteiger partial charge in [0.15, 0.2) is 18.1 Å². The third-order valence-corrected chi connectivity index (χ3v) is 13.1. The zero-order chi connectivity index (χ0) is 42.6. The van der Waals surface area contributed by atoms with Gasteiger partial charge in [-0.3, -0.25) is 19.2 Å². The number of nitrogens with one attached hydrogen (secondary N) is 1. The van der Waals surface area contributed by atoms with Crippen LogP contribution < -0.4 is 5.32 Å².